The van der Waals surface area contributed by atoms with E-state index in [1.165, 1.54) is 6.20 Å². The fourth-order valence-electron chi connectivity index (χ4n) is 0.940. The van der Waals surface area contributed by atoms with Crippen molar-refractivity contribution < 1.29 is 8.78 Å². The van der Waals surface area contributed by atoms with Gasteiger partial charge < -0.3 is 11.5 Å². The first-order valence-electron chi connectivity index (χ1n) is 3.49. The summed E-state index contributed by atoms with van der Waals surface area (Å²) in [6.45, 7) is -0.0292. The van der Waals surface area contributed by atoms with Crippen molar-refractivity contribution in [3.8, 4) is 0 Å². The highest BCUT2D eigenvalue weighted by Crippen LogP contribution is 2.33. The summed E-state index contributed by atoms with van der Waals surface area (Å²) in [6, 6.07) is 0. The summed E-state index contributed by atoms with van der Waals surface area (Å²) < 4.78 is 25.1. The lowest BCUT2D eigenvalue weighted by atomic mass is 10.2. The summed E-state index contributed by atoms with van der Waals surface area (Å²) in [4.78, 5) is 3.72. The Hall–Kier alpha value is -0.750. The molecule has 13 heavy (non-hydrogen) atoms. The third-order valence-electron chi connectivity index (χ3n) is 1.57. The van der Waals surface area contributed by atoms with Crippen LogP contribution >= 0.6 is 15.9 Å². The molecular formula is C7H8BrF2N3. The molecule has 0 radical (unpaired) electrons. The third kappa shape index (κ3) is 1.94. The predicted octanol–water partition coefficient (Wildman–Crippen LogP) is 1.82. The number of aromatic nitrogens is 1. The summed E-state index contributed by atoms with van der Waals surface area (Å²) >= 11 is 2.97. The Bertz CT molecular complexity index is 317. The van der Waals surface area contributed by atoms with E-state index in [2.05, 4.69) is 20.9 Å². The van der Waals surface area contributed by atoms with E-state index in [-0.39, 0.29) is 28.0 Å². The number of nitrogens with two attached hydrogens (primary N) is 2. The molecule has 1 aromatic rings. The second kappa shape index (κ2) is 3.97. The van der Waals surface area contributed by atoms with Crippen LogP contribution in [0.1, 0.15) is 17.7 Å². The largest absolute Gasteiger partial charge is 0.397 e. The van der Waals surface area contributed by atoms with Gasteiger partial charge >= 0.3 is 0 Å². The van der Waals surface area contributed by atoms with Crippen LogP contribution in [0.15, 0.2) is 10.7 Å². The van der Waals surface area contributed by atoms with Gasteiger partial charge in [0.1, 0.15) is 0 Å². The molecule has 0 saturated heterocycles. The average molecular weight is 252 g/mol. The SMILES string of the molecule is NCc1ncc(N)c(Br)c1C(F)F. The van der Waals surface area contributed by atoms with Crippen LogP contribution in [-0.2, 0) is 6.54 Å². The van der Waals surface area contributed by atoms with Gasteiger partial charge in [-0.25, -0.2) is 8.78 Å². The van der Waals surface area contributed by atoms with Crippen LogP contribution in [0.2, 0.25) is 0 Å². The Morgan fingerprint density at radius 2 is 2.15 bits per heavy atom. The van der Waals surface area contributed by atoms with Crippen molar-refractivity contribution in [3.63, 3.8) is 0 Å². The van der Waals surface area contributed by atoms with Gasteiger partial charge in [-0.3, -0.25) is 4.98 Å². The van der Waals surface area contributed by atoms with Crippen LogP contribution in [0.25, 0.3) is 0 Å². The molecule has 0 aliphatic rings. The lowest BCUT2D eigenvalue weighted by molar-refractivity contribution is 0.149. The Morgan fingerprint density at radius 1 is 1.54 bits per heavy atom. The molecule has 0 amide bonds. The Labute approximate surface area is 82.3 Å². The zero-order valence-corrected chi connectivity index (χ0v) is 8.18. The maximum Gasteiger partial charge on any atom is 0.266 e. The molecule has 3 nitrogen and oxygen atoms in total. The molecule has 0 aromatic carbocycles. The standard InChI is InChI=1S/C7H8BrF2N3/c8-6-3(12)2-13-4(1-11)5(6)7(9)10/h2,7H,1,11-12H2. The van der Waals surface area contributed by atoms with E-state index in [0.717, 1.165) is 0 Å². The van der Waals surface area contributed by atoms with Gasteiger partial charge in [0.2, 0.25) is 0 Å². The molecule has 1 aromatic heterocycles. The van der Waals surface area contributed by atoms with Crippen molar-refractivity contribution in [3.05, 3.63) is 21.9 Å². The van der Waals surface area contributed by atoms with E-state index in [9.17, 15) is 8.78 Å². The van der Waals surface area contributed by atoms with Crippen LogP contribution < -0.4 is 11.5 Å². The Kier molecular flexibility index (Phi) is 3.16. The van der Waals surface area contributed by atoms with Gasteiger partial charge in [-0.2, -0.15) is 0 Å². The van der Waals surface area contributed by atoms with Gasteiger partial charge in [0.15, 0.2) is 0 Å². The maximum atomic E-state index is 12.5. The first kappa shape index (κ1) is 10.3. The fourth-order valence-corrected chi connectivity index (χ4v) is 1.44. The molecule has 0 saturated carbocycles. The molecule has 72 valence electrons. The van der Waals surface area contributed by atoms with Gasteiger partial charge in [0, 0.05) is 6.54 Å². The summed E-state index contributed by atoms with van der Waals surface area (Å²) in [7, 11) is 0. The first-order chi connectivity index (χ1) is 6.07. The van der Waals surface area contributed by atoms with E-state index < -0.39 is 6.43 Å². The van der Waals surface area contributed by atoms with E-state index >= 15 is 0 Å². The molecule has 0 aliphatic carbocycles. The van der Waals surface area contributed by atoms with Crippen LogP contribution in [0, 0.1) is 0 Å². The topological polar surface area (TPSA) is 64.9 Å². The maximum absolute atomic E-state index is 12.5. The molecule has 0 bridgehead atoms. The number of alkyl halides is 2. The van der Waals surface area contributed by atoms with Crippen LogP contribution in [0.3, 0.4) is 0 Å². The number of nitrogens with zero attached hydrogens (tertiary/aromatic N) is 1. The number of anilines is 1. The van der Waals surface area contributed by atoms with Crippen LogP contribution in [0.4, 0.5) is 14.5 Å². The van der Waals surface area contributed by atoms with Crippen molar-refractivity contribution in [1.29, 1.82) is 0 Å². The zero-order valence-electron chi connectivity index (χ0n) is 6.60. The summed E-state index contributed by atoms with van der Waals surface area (Å²) in [5.74, 6) is 0. The minimum atomic E-state index is -2.62. The molecule has 1 heterocycles. The van der Waals surface area contributed by atoms with Gasteiger partial charge in [-0.1, -0.05) is 0 Å². The van der Waals surface area contributed by atoms with Crippen LogP contribution in [-0.4, -0.2) is 4.98 Å². The highest BCUT2D eigenvalue weighted by atomic mass is 79.9. The number of halogens is 3. The fraction of sp³-hybridized carbons (Fsp3) is 0.286. The average Bonchev–Trinajstić information content (AvgIpc) is 2.08. The smallest absolute Gasteiger partial charge is 0.266 e. The monoisotopic (exact) mass is 251 g/mol. The molecule has 4 N–H and O–H groups in total. The molecule has 0 fully saturated rings. The third-order valence-corrected chi connectivity index (χ3v) is 2.46. The lowest BCUT2D eigenvalue weighted by Crippen LogP contribution is -2.07. The van der Waals surface area contributed by atoms with Crippen molar-refractivity contribution in [2.75, 3.05) is 5.73 Å². The second-order valence-electron chi connectivity index (χ2n) is 2.39. The number of rotatable bonds is 2. The number of pyridine rings is 1. The second-order valence-corrected chi connectivity index (χ2v) is 3.19. The summed E-state index contributed by atoms with van der Waals surface area (Å²) in [5, 5.41) is 0. The first-order valence-corrected chi connectivity index (χ1v) is 4.28. The van der Waals surface area contributed by atoms with Gasteiger partial charge in [-0.15, -0.1) is 0 Å². The van der Waals surface area contributed by atoms with Crippen LogP contribution in [0.5, 0.6) is 0 Å². The Morgan fingerprint density at radius 3 is 2.62 bits per heavy atom. The highest BCUT2D eigenvalue weighted by molar-refractivity contribution is 9.10. The van der Waals surface area contributed by atoms with Crippen molar-refractivity contribution >= 4 is 21.6 Å². The van der Waals surface area contributed by atoms with E-state index in [1.807, 2.05) is 0 Å². The molecular weight excluding hydrogens is 244 g/mol. The molecule has 6 heteroatoms. The number of hydrogen-bond acceptors (Lipinski definition) is 3. The van der Waals surface area contributed by atoms with E-state index in [4.69, 9.17) is 11.5 Å². The van der Waals surface area contributed by atoms with E-state index in [1.54, 1.807) is 0 Å². The molecule has 0 spiro atoms. The minimum absolute atomic E-state index is 0.0292. The van der Waals surface area contributed by atoms with Gasteiger partial charge in [0.25, 0.3) is 6.43 Å². The van der Waals surface area contributed by atoms with E-state index in [0.29, 0.717) is 0 Å². The summed E-state index contributed by atoms with van der Waals surface area (Å²) in [6.07, 6.45) is -1.32. The summed E-state index contributed by atoms with van der Waals surface area (Å²) in [5.41, 5.74) is 10.8. The van der Waals surface area contributed by atoms with Gasteiger partial charge in [0.05, 0.1) is 27.6 Å². The van der Waals surface area contributed by atoms with Crippen molar-refractivity contribution in [2.24, 2.45) is 5.73 Å². The lowest BCUT2D eigenvalue weighted by Gasteiger charge is -2.09. The highest BCUT2D eigenvalue weighted by Gasteiger charge is 2.18. The minimum Gasteiger partial charge on any atom is -0.397 e. The molecule has 0 aliphatic heterocycles. The molecule has 1 rings (SSSR count). The Balaban J connectivity index is 3.32. The molecule has 0 atom stereocenters. The molecule has 0 unspecified atom stereocenters. The number of nitrogen functional groups attached to an aromatic ring is 1. The van der Waals surface area contributed by atoms with Crippen molar-refractivity contribution in [2.45, 2.75) is 13.0 Å². The van der Waals surface area contributed by atoms with Crippen molar-refractivity contribution in [1.82, 2.24) is 4.98 Å². The predicted molar refractivity (Wildman–Crippen MR) is 49.2 cm³/mol. The normalized spacial score (nSPS) is 10.8. The zero-order chi connectivity index (χ0) is 10.0. The van der Waals surface area contributed by atoms with Gasteiger partial charge in [-0.05, 0) is 15.9 Å². The number of hydrogen-bond donors (Lipinski definition) is 2. The quantitative estimate of drug-likeness (QED) is 0.843.